The highest BCUT2D eigenvalue weighted by Gasteiger charge is 2.43. The van der Waals surface area contributed by atoms with Crippen LogP contribution in [0.3, 0.4) is 0 Å². The Balaban J connectivity index is 1.62. The van der Waals surface area contributed by atoms with Gasteiger partial charge in [0.25, 0.3) is 0 Å². The van der Waals surface area contributed by atoms with E-state index in [-0.39, 0.29) is 5.54 Å². The van der Waals surface area contributed by atoms with Crippen LogP contribution in [0.25, 0.3) is 0 Å². The number of rotatable bonds is 8. The molecule has 2 unspecified atom stereocenters. The number of ether oxygens (including phenoxy) is 1. The van der Waals surface area contributed by atoms with E-state index in [4.69, 9.17) is 4.74 Å². The molecular weight excluding hydrogens is 252 g/mol. The van der Waals surface area contributed by atoms with Gasteiger partial charge in [-0.3, -0.25) is 4.90 Å². The van der Waals surface area contributed by atoms with Crippen LogP contribution in [-0.2, 0) is 4.74 Å². The van der Waals surface area contributed by atoms with E-state index in [0.717, 1.165) is 32.0 Å². The van der Waals surface area contributed by atoms with Crippen LogP contribution in [0.15, 0.2) is 0 Å². The standard InChI is InChI=1S/C16H30N2O2/c1-20-10-9-18(14-6-7-14)15-3-2-8-16(11-15,12-19)17-13-4-5-13/h13-15,17,19H,2-12H2,1H3. The van der Waals surface area contributed by atoms with Gasteiger partial charge >= 0.3 is 0 Å². The van der Waals surface area contributed by atoms with Gasteiger partial charge in [0.05, 0.1) is 13.2 Å². The molecule has 116 valence electrons. The van der Waals surface area contributed by atoms with E-state index >= 15 is 0 Å². The van der Waals surface area contributed by atoms with Gasteiger partial charge in [-0.25, -0.2) is 0 Å². The number of methoxy groups -OCH3 is 1. The summed E-state index contributed by atoms with van der Waals surface area (Å²) in [4.78, 5) is 2.67. The third kappa shape index (κ3) is 3.53. The fourth-order valence-corrected chi connectivity index (χ4v) is 3.86. The molecule has 4 heteroatoms. The molecule has 0 bridgehead atoms. The van der Waals surface area contributed by atoms with Gasteiger partial charge in [-0.15, -0.1) is 0 Å². The predicted molar refractivity (Wildman–Crippen MR) is 79.8 cm³/mol. The van der Waals surface area contributed by atoms with Gasteiger partial charge in [-0.1, -0.05) is 0 Å². The minimum absolute atomic E-state index is 0.00963. The molecule has 0 aromatic heterocycles. The van der Waals surface area contributed by atoms with Crippen molar-refractivity contribution in [3.05, 3.63) is 0 Å². The maximum Gasteiger partial charge on any atom is 0.0613 e. The number of aliphatic hydroxyl groups excluding tert-OH is 1. The van der Waals surface area contributed by atoms with Gasteiger partial charge in [-0.2, -0.15) is 0 Å². The Morgan fingerprint density at radius 1 is 1.20 bits per heavy atom. The summed E-state index contributed by atoms with van der Waals surface area (Å²) in [6.07, 6.45) is 10.1. The maximum absolute atomic E-state index is 9.94. The van der Waals surface area contributed by atoms with Crippen molar-refractivity contribution in [1.82, 2.24) is 10.2 Å². The molecule has 3 saturated carbocycles. The van der Waals surface area contributed by atoms with Crippen LogP contribution in [-0.4, -0.2) is 60.5 Å². The molecule has 3 aliphatic rings. The van der Waals surface area contributed by atoms with Gasteiger partial charge in [-0.05, 0) is 51.4 Å². The van der Waals surface area contributed by atoms with Gasteiger partial charge in [0.2, 0.25) is 0 Å². The number of nitrogens with zero attached hydrogens (tertiary/aromatic N) is 1. The van der Waals surface area contributed by atoms with Crippen molar-refractivity contribution < 1.29 is 9.84 Å². The first-order valence-electron chi connectivity index (χ1n) is 8.39. The first-order chi connectivity index (χ1) is 9.76. The van der Waals surface area contributed by atoms with Crippen LogP contribution < -0.4 is 5.32 Å². The summed E-state index contributed by atoms with van der Waals surface area (Å²) in [5.74, 6) is 0. The zero-order chi connectivity index (χ0) is 14.0. The SMILES string of the molecule is COCCN(C1CC1)C1CCCC(CO)(NC2CC2)C1. The number of nitrogens with one attached hydrogen (secondary N) is 1. The lowest BCUT2D eigenvalue weighted by atomic mass is 9.78. The Hall–Kier alpha value is -0.160. The van der Waals surface area contributed by atoms with E-state index in [2.05, 4.69) is 10.2 Å². The molecule has 0 saturated heterocycles. The highest BCUT2D eigenvalue weighted by Crippen LogP contribution is 2.38. The monoisotopic (exact) mass is 282 g/mol. The van der Waals surface area contributed by atoms with Crippen molar-refractivity contribution in [2.45, 2.75) is 75.0 Å². The Kier molecular flexibility index (Phi) is 4.65. The molecule has 20 heavy (non-hydrogen) atoms. The molecule has 3 aliphatic carbocycles. The second-order valence-corrected chi connectivity index (χ2v) is 7.07. The van der Waals surface area contributed by atoms with E-state index < -0.39 is 0 Å². The first kappa shape index (κ1) is 14.8. The molecule has 0 amide bonds. The molecule has 3 rings (SSSR count). The largest absolute Gasteiger partial charge is 0.394 e. The first-order valence-corrected chi connectivity index (χ1v) is 8.39. The van der Waals surface area contributed by atoms with Crippen LogP contribution in [0.2, 0.25) is 0 Å². The van der Waals surface area contributed by atoms with Crippen molar-refractivity contribution in [1.29, 1.82) is 0 Å². The third-order valence-electron chi connectivity index (χ3n) is 5.25. The zero-order valence-corrected chi connectivity index (χ0v) is 12.8. The van der Waals surface area contributed by atoms with E-state index in [1.807, 2.05) is 0 Å². The average Bonchev–Trinajstić information content (AvgIpc) is 3.34. The summed E-state index contributed by atoms with van der Waals surface area (Å²) in [7, 11) is 1.79. The lowest BCUT2D eigenvalue weighted by molar-refractivity contribution is 0.0409. The number of aliphatic hydroxyl groups is 1. The number of hydrogen-bond donors (Lipinski definition) is 2. The Morgan fingerprint density at radius 3 is 2.60 bits per heavy atom. The molecule has 2 atom stereocenters. The minimum Gasteiger partial charge on any atom is -0.394 e. The molecule has 0 radical (unpaired) electrons. The van der Waals surface area contributed by atoms with Crippen LogP contribution in [0.4, 0.5) is 0 Å². The van der Waals surface area contributed by atoms with Crippen LogP contribution in [0.5, 0.6) is 0 Å². The number of hydrogen-bond acceptors (Lipinski definition) is 4. The minimum atomic E-state index is -0.00963. The molecule has 4 nitrogen and oxygen atoms in total. The summed E-state index contributed by atoms with van der Waals surface area (Å²) in [6.45, 7) is 2.18. The summed E-state index contributed by atoms with van der Waals surface area (Å²) in [5.41, 5.74) is -0.00963. The molecule has 3 fully saturated rings. The Labute approximate surface area is 122 Å². The van der Waals surface area contributed by atoms with Crippen LogP contribution in [0.1, 0.15) is 51.4 Å². The van der Waals surface area contributed by atoms with Gasteiger partial charge in [0, 0.05) is 37.3 Å². The van der Waals surface area contributed by atoms with Gasteiger partial charge in [0.1, 0.15) is 0 Å². The molecule has 0 aromatic rings. The Bertz CT molecular complexity index is 318. The smallest absolute Gasteiger partial charge is 0.0613 e. The van der Waals surface area contributed by atoms with Crippen molar-refractivity contribution in [2.75, 3.05) is 26.9 Å². The van der Waals surface area contributed by atoms with E-state index in [1.54, 1.807) is 7.11 Å². The second kappa shape index (κ2) is 6.30. The van der Waals surface area contributed by atoms with Crippen molar-refractivity contribution in [2.24, 2.45) is 0 Å². The fraction of sp³-hybridized carbons (Fsp3) is 1.00. The second-order valence-electron chi connectivity index (χ2n) is 7.07. The van der Waals surface area contributed by atoms with E-state index in [1.165, 1.54) is 38.5 Å². The summed E-state index contributed by atoms with van der Waals surface area (Å²) < 4.78 is 5.29. The normalized spacial score (nSPS) is 34.6. The van der Waals surface area contributed by atoms with Crippen molar-refractivity contribution >= 4 is 0 Å². The molecule has 0 aromatic carbocycles. The predicted octanol–water partition coefficient (Wildman–Crippen LogP) is 1.52. The Morgan fingerprint density at radius 2 is 2.00 bits per heavy atom. The zero-order valence-electron chi connectivity index (χ0n) is 12.8. The summed E-state index contributed by atoms with van der Waals surface area (Å²) in [6, 6.07) is 2.09. The highest BCUT2D eigenvalue weighted by atomic mass is 16.5. The quantitative estimate of drug-likeness (QED) is 0.708. The lowest BCUT2D eigenvalue weighted by Gasteiger charge is -2.45. The van der Waals surface area contributed by atoms with Crippen LogP contribution >= 0.6 is 0 Å². The molecule has 0 heterocycles. The molecule has 0 spiro atoms. The molecular formula is C16H30N2O2. The van der Waals surface area contributed by atoms with Crippen molar-refractivity contribution in [3.8, 4) is 0 Å². The van der Waals surface area contributed by atoms with Gasteiger partial charge in [0.15, 0.2) is 0 Å². The van der Waals surface area contributed by atoms with Crippen molar-refractivity contribution in [3.63, 3.8) is 0 Å². The highest BCUT2D eigenvalue weighted by molar-refractivity contribution is 5.02. The fourth-order valence-electron chi connectivity index (χ4n) is 3.86. The van der Waals surface area contributed by atoms with Crippen LogP contribution in [0, 0.1) is 0 Å². The van der Waals surface area contributed by atoms with Gasteiger partial charge < -0.3 is 15.2 Å². The third-order valence-corrected chi connectivity index (χ3v) is 5.25. The molecule has 2 N–H and O–H groups in total. The maximum atomic E-state index is 9.94. The lowest BCUT2D eigenvalue weighted by Crippen LogP contribution is -2.57. The topological polar surface area (TPSA) is 44.7 Å². The summed E-state index contributed by atoms with van der Waals surface area (Å²) >= 11 is 0. The summed E-state index contributed by atoms with van der Waals surface area (Å²) in [5, 5.41) is 13.7. The molecule has 0 aliphatic heterocycles. The average molecular weight is 282 g/mol. The van der Waals surface area contributed by atoms with E-state index in [0.29, 0.717) is 18.7 Å². The van der Waals surface area contributed by atoms with E-state index in [9.17, 15) is 5.11 Å².